The lowest BCUT2D eigenvalue weighted by Gasteiger charge is -2.15. The van der Waals surface area contributed by atoms with Crippen molar-refractivity contribution in [2.75, 3.05) is 13.2 Å². The first-order valence-electron chi connectivity index (χ1n) is 16.9. The number of esters is 2. The molecule has 234 valence electrons. The van der Waals surface area contributed by atoms with Gasteiger partial charge in [-0.3, -0.25) is 9.59 Å². The van der Waals surface area contributed by atoms with Crippen LogP contribution in [0.2, 0.25) is 0 Å². The van der Waals surface area contributed by atoms with Crippen molar-refractivity contribution in [3.63, 3.8) is 0 Å². The number of rotatable bonds is 29. The molecule has 0 aromatic heterocycles. The van der Waals surface area contributed by atoms with E-state index in [0.717, 1.165) is 51.4 Å². The van der Waals surface area contributed by atoms with Crippen LogP contribution >= 0.6 is 0 Å². The lowest BCUT2D eigenvalue weighted by molar-refractivity contribution is -0.161. The highest BCUT2D eigenvalue weighted by Gasteiger charge is 2.36. The molecule has 2 unspecified atom stereocenters. The van der Waals surface area contributed by atoms with Crippen LogP contribution in [0, 0.1) is 0 Å². The van der Waals surface area contributed by atoms with Crippen LogP contribution in [-0.2, 0) is 23.8 Å². The fraction of sp³-hybridized carbons (Fsp3) is 0.882. The van der Waals surface area contributed by atoms with Crippen molar-refractivity contribution in [1.82, 2.24) is 0 Å². The van der Waals surface area contributed by atoms with Crippen LogP contribution in [0.25, 0.3) is 0 Å². The molecule has 0 aliphatic carbocycles. The number of hydrogen-bond donors (Lipinski definition) is 1. The summed E-state index contributed by atoms with van der Waals surface area (Å²) in [6.07, 6.45) is 30.1. The minimum absolute atomic E-state index is 0.0726. The number of ether oxygens (including phenoxy) is 3. The van der Waals surface area contributed by atoms with Gasteiger partial charge >= 0.3 is 11.9 Å². The van der Waals surface area contributed by atoms with Gasteiger partial charge in [-0.25, -0.2) is 0 Å². The second-order valence-corrected chi connectivity index (χ2v) is 11.6. The van der Waals surface area contributed by atoms with Crippen LogP contribution in [0.15, 0.2) is 12.2 Å². The van der Waals surface area contributed by atoms with E-state index in [1.807, 2.05) is 0 Å². The molecule has 0 radical (unpaired) electrons. The first kappa shape index (κ1) is 36.6. The van der Waals surface area contributed by atoms with E-state index in [9.17, 15) is 14.7 Å². The topological polar surface area (TPSA) is 85.4 Å². The van der Waals surface area contributed by atoms with Crippen LogP contribution in [0.5, 0.6) is 0 Å². The number of epoxide rings is 1. The van der Waals surface area contributed by atoms with Crippen molar-refractivity contribution in [3.05, 3.63) is 12.2 Å². The molecule has 1 fully saturated rings. The molecule has 0 aromatic carbocycles. The summed E-state index contributed by atoms with van der Waals surface area (Å²) in [5, 5.41) is 9.49. The van der Waals surface area contributed by atoms with Crippen molar-refractivity contribution in [1.29, 1.82) is 0 Å². The SMILES string of the molecule is CCCCCCCCCCCCC(=O)O[C@@H](CO)COC(=O)CCCCCCC/C=C\CC1OC1CCCCC. The summed E-state index contributed by atoms with van der Waals surface area (Å²) in [5.41, 5.74) is 0. The van der Waals surface area contributed by atoms with Gasteiger partial charge in [-0.1, -0.05) is 122 Å². The van der Waals surface area contributed by atoms with Crippen LogP contribution in [0.1, 0.15) is 162 Å². The number of hydrogen-bond acceptors (Lipinski definition) is 6. The van der Waals surface area contributed by atoms with Crippen LogP contribution in [-0.4, -0.2) is 48.6 Å². The highest BCUT2D eigenvalue weighted by Crippen LogP contribution is 2.30. The molecule has 6 heteroatoms. The second kappa shape index (κ2) is 26.5. The zero-order valence-electron chi connectivity index (χ0n) is 26.1. The molecule has 1 heterocycles. The van der Waals surface area contributed by atoms with E-state index in [1.165, 1.54) is 83.5 Å². The average molecular weight is 567 g/mol. The second-order valence-electron chi connectivity index (χ2n) is 11.6. The third kappa shape index (κ3) is 22.3. The molecule has 1 rings (SSSR count). The summed E-state index contributed by atoms with van der Waals surface area (Å²) in [4.78, 5) is 24.1. The standard InChI is InChI=1S/C34H62O6/c1-3-5-7-8-9-10-11-16-19-23-27-34(37)39-30(28-35)29-38-33(36)26-22-18-15-13-12-14-17-21-25-32-31(40-32)24-20-6-4-2/h17,21,30-32,35H,3-16,18-20,22-29H2,1-2H3/b21-17-/t30-,31?,32?/m0/s1. The monoisotopic (exact) mass is 566 g/mol. The van der Waals surface area contributed by atoms with Crippen LogP contribution in [0.4, 0.5) is 0 Å². The highest BCUT2D eigenvalue weighted by molar-refractivity contribution is 5.70. The van der Waals surface area contributed by atoms with Gasteiger partial charge in [0.15, 0.2) is 6.10 Å². The maximum atomic E-state index is 12.1. The molecule has 1 aliphatic rings. The van der Waals surface area contributed by atoms with Gasteiger partial charge in [0.05, 0.1) is 18.8 Å². The summed E-state index contributed by atoms with van der Waals surface area (Å²) in [6.45, 7) is 4.06. The van der Waals surface area contributed by atoms with Gasteiger partial charge < -0.3 is 19.3 Å². The Hall–Kier alpha value is -1.40. The molecule has 6 nitrogen and oxygen atoms in total. The predicted octanol–water partition coefficient (Wildman–Crippen LogP) is 8.77. The van der Waals surface area contributed by atoms with Crippen molar-refractivity contribution in [2.45, 2.75) is 180 Å². The average Bonchev–Trinajstić information content (AvgIpc) is 3.71. The first-order valence-corrected chi connectivity index (χ1v) is 16.9. The molecular weight excluding hydrogens is 504 g/mol. The number of carbonyl (C=O) groups excluding carboxylic acids is 2. The molecule has 0 amide bonds. The Morgan fingerprint density at radius 1 is 0.700 bits per heavy atom. The Balaban J connectivity index is 1.90. The summed E-state index contributed by atoms with van der Waals surface area (Å²) >= 11 is 0. The third-order valence-electron chi connectivity index (χ3n) is 7.73. The number of aliphatic hydroxyl groups excluding tert-OH is 1. The van der Waals surface area contributed by atoms with Crippen molar-refractivity contribution in [3.8, 4) is 0 Å². The molecule has 0 bridgehead atoms. The van der Waals surface area contributed by atoms with E-state index in [1.54, 1.807) is 0 Å². The fourth-order valence-electron chi connectivity index (χ4n) is 5.03. The van der Waals surface area contributed by atoms with Gasteiger partial charge in [-0.2, -0.15) is 0 Å². The van der Waals surface area contributed by atoms with Gasteiger partial charge in [-0.05, 0) is 38.5 Å². The van der Waals surface area contributed by atoms with Crippen molar-refractivity contribution in [2.24, 2.45) is 0 Å². The molecule has 40 heavy (non-hydrogen) atoms. The smallest absolute Gasteiger partial charge is 0.306 e. The predicted molar refractivity (Wildman–Crippen MR) is 163 cm³/mol. The van der Waals surface area contributed by atoms with E-state index >= 15 is 0 Å². The van der Waals surface area contributed by atoms with Crippen molar-refractivity contribution < 1.29 is 28.9 Å². The maximum absolute atomic E-state index is 12.1. The molecule has 0 saturated carbocycles. The minimum Gasteiger partial charge on any atom is -0.462 e. The zero-order valence-corrected chi connectivity index (χ0v) is 26.1. The molecule has 1 N–H and O–H groups in total. The summed E-state index contributed by atoms with van der Waals surface area (Å²) in [6, 6.07) is 0. The first-order chi connectivity index (χ1) is 19.6. The normalized spacial score (nSPS) is 17.3. The Bertz CT molecular complexity index is 634. The number of carbonyl (C=O) groups is 2. The lowest BCUT2D eigenvalue weighted by atomic mass is 10.1. The third-order valence-corrected chi connectivity index (χ3v) is 7.73. The van der Waals surface area contributed by atoms with Gasteiger partial charge in [0, 0.05) is 12.8 Å². The maximum Gasteiger partial charge on any atom is 0.306 e. The van der Waals surface area contributed by atoms with Gasteiger partial charge in [0.2, 0.25) is 0 Å². The molecular formula is C34H62O6. The Kier molecular flexibility index (Phi) is 24.3. The lowest BCUT2D eigenvalue weighted by Crippen LogP contribution is -2.28. The molecule has 0 aromatic rings. The van der Waals surface area contributed by atoms with Crippen molar-refractivity contribution >= 4 is 11.9 Å². The van der Waals surface area contributed by atoms with Crippen LogP contribution < -0.4 is 0 Å². The summed E-state index contributed by atoms with van der Waals surface area (Å²) in [7, 11) is 0. The van der Waals surface area contributed by atoms with E-state index in [4.69, 9.17) is 14.2 Å². The Morgan fingerprint density at radius 3 is 1.88 bits per heavy atom. The largest absolute Gasteiger partial charge is 0.462 e. The molecule has 0 spiro atoms. The molecule has 1 saturated heterocycles. The van der Waals surface area contributed by atoms with Gasteiger partial charge in [0.25, 0.3) is 0 Å². The van der Waals surface area contributed by atoms with E-state index in [2.05, 4.69) is 26.0 Å². The van der Waals surface area contributed by atoms with E-state index in [0.29, 0.717) is 25.0 Å². The quantitative estimate of drug-likeness (QED) is 0.0421. The summed E-state index contributed by atoms with van der Waals surface area (Å²) in [5.74, 6) is -0.612. The molecule has 3 atom stereocenters. The van der Waals surface area contributed by atoms with E-state index in [-0.39, 0.29) is 25.2 Å². The van der Waals surface area contributed by atoms with Gasteiger partial charge in [0.1, 0.15) is 6.61 Å². The number of aliphatic hydroxyl groups is 1. The van der Waals surface area contributed by atoms with E-state index < -0.39 is 6.10 Å². The highest BCUT2D eigenvalue weighted by atomic mass is 16.6. The Labute approximate surface area is 246 Å². The minimum atomic E-state index is -0.772. The number of allylic oxidation sites excluding steroid dienone is 1. The van der Waals surface area contributed by atoms with Gasteiger partial charge in [-0.15, -0.1) is 0 Å². The Morgan fingerprint density at radius 2 is 1.25 bits per heavy atom. The number of unbranched alkanes of at least 4 members (excludes halogenated alkanes) is 16. The summed E-state index contributed by atoms with van der Waals surface area (Å²) < 4.78 is 16.3. The zero-order chi connectivity index (χ0) is 29.1. The van der Waals surface area contributed by atoms with Crippen LogP contribution in [0.3, 0.4) is 0 Å². The fourth-order valence-corrected chi connectivity index (χ4v) is 5.03. The molecule has 1 aliphatic heterocycles.